The van der Waals surface area contributed by atoms with Gasteiger partial charge in [-0.25, -0.2) is 0 Å². The molecule has 1 aliphatic carbocycles. The van der Waals surface area contributed by atoms with E-state index in [4.69, 9.17) is 11.6 Å². The molecular formula is C23H25ClN4OS2. The predicted octanol–water partition coefficient (Wildman–Crippen LogP) is 6.01. The third-order valence-corrected chi connectivity index (χ3v) is 7.73. The molecule has 0 saturated carbocycles. The van der Waals surface area contributed by atoms with Crippen LogP contribution in [0.3, 0.4) is 0 Å². The van der Waals surface area contributed by atoms with Crippen LogP contribution < -0.4 is 5.32 Å². The number of carbonyl (C=O) groups is 1. The second-order valence-electron chi connectivity index (χ2n) is 7.90. The van der Waals surface area contributed by atoms with Crippen LogP contribution in [0.1, 0.15) is 29.3 Å². The number of aryl methyl sites for hydroxylation is 1. The number of fused-ring (bicyclic) bond motifs is 1. The SMILES string of the molecule is C=CCn1c(SCC(=O)Nc2cc(Cl)ccc2C)nnc1-c1csc2c1CCC(C)C2. The number of hydrogen-bond acceptors (Lipinski definition) is 5. The number of nitrogens with one attached hydrogen (secondary N) is 1. The Morgan fingerprint density at radius 1 is 1.45 bits per heavy atom. The summed E-state index contributed by atoms with van der Waals surface area (Å²) < 4.78 is 2.05. The average molecular weight is 473 g/mol. The van der Waals surface area contributed by atoms with Gasteiger partial charge in [0.25, 0.3) is 0 Å². The summed E-state index contributed by atoms with van der Waals surface area (Å²) in [5.41, 5.74) is 4.28. The zero-order valence-corrected chi connectivity index (χ0v) is 20.0. The van der Waals surface area contributed by atoms with Crippen molar-refractivity contribution >= 4 is 46.3 Å². The first-order chi connectivity index (χ1) is 15.0. The molecule has 1 atom stereocenters. The van der Waals surface area contributed by atoms with Gasteiger partial charge in [-0.1, -0.05) is 42.4 Å². The molecule has 5 nitrogen and oxygen atoms in total. The highest BCUT2D eigenvalue weighted by Crippen LogP contribution is 2.38. The first-order valence-electron chi connectivity index (χ1n) is 10.3. The number of benzene rings is 1. The lowest BCUT2D eigenvalue weighted by Crippen LogP contribution is -2.15. The molecule has 31 heavy (non-hydrogen) atoms. The molecule has 162 valence electrons. The number of nitrogens with zero attached hydrogens (tertiary/aromatic N) is 3. The van der Waals surface area contributed by atoms with Crippen molar-refractivity contribution in [2.45, 2.75) is 44.8 Å². The van der Waals surface area contributed by atoms with Crippen LogP contribution in [0.15, 0.2) is 41.4 Å². The molecule has 0 radical (unpaired) electrons. The minimum atomic E-state index is -0.105. The summed E-state index contributed by atoms with van der Waals surface area (Å²) in [5, 5.41) is 15.3. The summed E-state index contributed by atoms with van der Waals surface area (Å²) in [6.45, 7) is 8.74. The molecule has 0 spiro atoms. The van der Waals surface area contributed by atoms with Crippen LogP contribution in [-0.2, 0) is 24.2 Å². The number of halogens is 1. The molecule has 1 unspecified atom stereocenters. The van der Waals surface area contributed by atoms with Crippen molar-refractivity contribution in [3.05, 3.63) is 57.3 Å². The number of carbonyl (C=O) groups excluding carboxylic acids is 1. The van der Waals surface area contributed by atoms with Crippen molar-refractivity contribution in [2.75, 3.05) is 11.1 Å². The molecule has 0 fully saturated rings. The summed E-state index contributed by atoms with van der Waals surface area (Å²) in [6, 6.07) is 5.46. The Morgan fingerprint density at radius 2 is 2.29 bits per heavy atom. The summed E-state index contributed by atoms with van der Waals surface area (Å²) in [5.74, 6) is 1.73. The quantitative estimate of drug-likeness (QED) is 0.338. The Hall–Kier alpha value is -2.09. The van der Waals surface area contributed by atoms with Gasteiger partial charge in [0.15, 0.2) is 11.0 Å². The highest BCUT2D eigenvalue weighted by molar-refractivity contribution is 7.99. The smallest absolute Gasteiger partial charge is 0.234 e. The van der Waals surface area contributed by atoms with E-state index in [2.05, 4.69) is 39.0 Å². The van der Waals surface area contributed by atoms with Crippen molar-refractivity contribution in [3.8, 4) is 11.4 Å². The van der Waals surface area contributed by atoms with Gasteiger partial charge in [0, 0.05) is 33.1 Å². The van der Waals surface area contributed by atoms with E-state index in [0.29, 0.717) is 11.6 Å². The molecule has 0 aliphatic heterocycles. The van der Waals surface area contributed by atoms with E-state index in [0.717, 1.165) is 41.0 Å². The average Bonchev–Trinajstić information content (AvgIpc) is 3.32. The summed E-state index contributed by atoms with van der Waals surface area (Å²) in [6.07, 6.45) is 5.27. The Labute approximate surface area is 195 Å². The molecule has 1 aromatic carbocycles. The lowest BCUT2D eigenvalue weighted by molar-refractivity contribution is -0.113. The zero-order chi connectivity index (χ0) is 22.0. The number of anilines is 1. The van der Waals surface area contributed by atoms with Crippen molar-refractivity contribution < 1.29 is 4.79 Å². The topological polar surface area (TPSA) is 59.8 Å². The van der Waals surface area contributed by atoms with Crippen molar-refractivity contribution in [2.24, 2.45) is 5.92 Å². The first-order valence-corrected chi connectivity index (χ1v) is 12.5. The predicted molar refractivity (Wildman–Crippen MR) is 130 cm³/mol. The monoisotopic (exact) mass is 472 g/mol. The molecule has 8 heteroatoms. The fourth-order valence-electron chi connectivity index (χ4n) is 3.80. The number of thioether (sulfide) groups is 1. The standard InChI is InChI=1S/C23H25ClN4OS2/c1-4-9-28-22(18-12-30-20-10-14(2)5-8-17(18)20)26-27-23(28)31-13-21(29)25-19-11-16(24)7-6-15(19)3/h4,6-7,11-12,14H,1,5,8-10,13H2,2-3H3,(H,25,29). The molecular weight excluding hydrogens is 448 g/mol. The van der Waals surface area contributed by atoms with E-state index >= 15 is 0 Å². The fourth-order valence-corrected chi connectivity index (χ4v) is 5.96. The molecule has 1 amide bonds. The normalized spacial score (nSPS) is 15.5. The molecule has 1 aliphatic rings. The van der Waals surface area contributed by atoms with Gasteiger partial charge in [-0.05, 0) is 55.4 Å². The van der Waals surface area contributed by atoms with Crippen LogP contribution >= 0.6 is 34.7 Å². The molecule has 2 aromatic heterocycles. The highest BCUT2D eigenvalue weighted by Gasteiger charge is 2.24. The second-order valence-corrected chi connectivity index (χ2v) is 10.2. The third-order valence-electron chi connectivity index (χ3n) is 5.48. The van der Waals surface area contributed by atoms with Gasteiger partial charge >= 0.3 is 0 Å². The molecule has 0 saturated heterocycles. The maximum atomic E-state index is 12.5. The van der Waals surface area contributed by atoms with Gasteiger partial charge in [0.05, 0.1) is 5.75 Å². The van der Waals surface area contributed by atoms with E-state index in [-0.39, 0.29) is 11.7 Å². The van der Waals surface area contributed by atoms with Crippen LogP contribution in [0.4, 0.5) is 5.69 Å². The van der Waals surface area contributed by atoms with Gasteiger partial charge < -0.3 is 5.32 Å². The van der Waals surface area contributed by atoms with Crippen molar-refractivity contribution in [3.63, 3.8) is 0 Å². The number of allylic oxidation sites excluding steroid dienone is 1. The minimum Gasteiger partial charge on any atom is -0.325 e. The molecule has 3 aromatic rings. The van der Waals surface area contributed by atoms with E-state index in [1.54, 1.807) is 6.07 Å². The number of rotatable bonds is 7. The van der Waals surface area contributed by atoms with Crippen LogP contribution in [-0.4, -0.2) is 26.4 Å². The molecule has 4 rings (SSSR count). The van der Waals surface area contributed by atoms with Crippen LogP contribution in [0.5, 0.6) is 0 Å². The largest absolute Gasteiger partial charge is 0.325 e. The van der Waals surface area contributed by atoms with E-state index in [1.165, 1.54) is 34.2 Å². The van der Waals surface area contributed by atoms with E-state index < -0.39 is 0 Å². The molecule has 2 heterocycles. The third kappa shape index (κ3) is 4.89. The van der Waals surface area contributed by atoms with Crippen molar-refractivity contribution in [1.29, 1.82) is 0 Å². The molecule has 1 N–H and O–H groups in total. The number of hydrogen-bond donors (Lipinski definition) is 1. The number of aromatic nitrogens is 3. The highest BCUT2D eigenvalue weighted by atomic mass is 35.5. The lowest BCUT2D eigenvalue weighted by atomic mass is 9.88. The van der Waals surface area contributed by atoms with Crippen LogP contribution in [0.25, 0.3) is 11.4 Å². The summed E-state index contributed by atoms with van der Waals surface area (Å²) in [4.78, 5) is 14.0. The van der Waals surface area contributed by atoms with Gasteiger partial charge in [-0.2, -0.15) is 0 Å². The second kappa shape index (κ2) is 9.59. The fraction of sp³-hybridized carbons (Fsp3) is 0.348. The van der Waals surface area contributed by atoms with Gasteiger partial charge in [-0.15, -0.1) is 28.1 Å². The first kappa shape index (κ1) is 22.1. The van der Waals surface area contributed by atoms with E-state index in [1.807, 2.05) is 36.5 Å². The van der Waals surface area contributed by atoms with Crippen LogP contribution in [0, 0.1) is 12.8 Å². The zero-order valence-electron chi connectivity index (χ0n) is 17.7. The van der Waals surface area contributed by atoms with Crippen molar-refractivity contribution in [1.82, 2.24) is 14.8 Å². The van der Waals surface area contributed by atoms with Gasteiger partial charge in [-0.3, -0.25) is 9.36 Å². The summed E-state index contributed by atoms with van der Waals surface area (Å²) >= 11 is 9.25. The number of amides is 1. The van der Waals surface area contributed by atoms with Gasteiger partial charge in [0.2, 0.25) is 5.91 Å². The Balaban J connectivity index is 1.51. The lowest BCUT2D eigenvalue weighted by Gasteiger charge is -2.19. The number of thiophene rings is 1. The Bertz CT molecular complexity index is 1120. The maximum absolute atomic E-state index is 12.5. The minimum absolute atomic E-state index is 0.105. The Morgan fingerprint density at radius 3 is 3.10 bits per heavy atom. The molecule has 0 bridgehead atoms. The van der Waals surface area contributed by atoms with Crippen LogP contribution in [0.2, 0.25) is 5.02 Å². The maximum Gasteiger partial charge on any atom is 0.234 e. The summed E-state index contributed by atoms with van der Waals surface area (Å²) in [7, 11) is 0. The Kier molecular flexibility index (Phi) is 6.84. The van der Waals surface area contributed by atoms with E-state index in [9.17, 15) is 4.79 Å². The van der Waals surface area contributed by atoms with Gasteiger partial charge in [0.1, 0.15) is 0 Å².